The molecule has 0 bridgehead atoms. The molecule has 9 heteroatoms. The molecule has 0 radical (unpaired) electrons. The molecule has 0 aliphatic rings. The summed E-state index contributed by atoms with van der Waals surface area (Å²) in [5.74, 6) is 1.29. The van der Waals surface area contributed by atoms with Crippen LogP contribution in [0.3, 0.4) is 0 Å². The molecule has 4 aromatic rings. The van der Waals surface area contributed by atoms with Crippen molar-refractivity contribution in [1.29, 1.82) is 0 Å². The van der Waals surface area contributed by atoms with Crippen LogP contribution >= 0.6 is 0 Å². The number of rotatable bonds is 5. The van der Waals surface area contributed by atoms with Crippen molar-refractivity contribution < 1.29 is 9.21 Å². The van der Waals surface area contributed by atoms with E-state index in [1.54, 1.807) is 54.3 Å². The Kier molecular flexibility index (Phi) is 4.25. The second-order valence-electron chi connectivity index (χ2n) is 6.00. The Morgan fingerprint density at radius 1 is 1.30 bits per heavy atom. The molecule has 0 saturated heterocycles. The number of oxazole rings is 1. The predicted molar refractivity (Wildman–Crippen MR) is 96.0 cm³/mol. The maximum Gasteiger partial charge on any atom is 0.273 e. The average Bonchev–Trinajstić information content (AvgIpc) is 3.41. The highest BCUT2D eigenvalue weighted by molar-refractivity contribution is 5.93. The summed E-state index contributed by atoms with van der Waals surface area (Å²) in [7, 11) is 1.80. The summed E-state index contributed by atoms with van der Waals surface area (Å²) >= 11 is 0. The minimum atomic E-state index is -0.301. The second-order valence-corrected chi connectivity index (χ2v) is 6.00. The quantitative estimate of drug-likeness (QED) is 0.581. The summed E-state index contributed by atoms with van der Waals surface area (Å²) in [4.78, 5) is 25.1. The molecule has 0 aliphatic heterocycles. The summed E-state index contributed by atoms with van der Waals surface area (Å²) in [6, 6.07) is 3.77. The number of carbonyl (C=O) groups excluding carboxylic acids is 1. The van der Waals surface area contributed by atoms with Crippen LogP contribution in [-0.2, 0) is 13.6 Å². The highest BCUT2D eigenvalue weighted by Crippen LogP contribution is 2.21. The molecule has 136 valence electrons. The van der Waals surface area contributed by atoms with Crippen LogP contribution in [0.25, 0.3) is 17.3 Å². The Morgan fingerprint density at radius 3 is 2.85 bits per heavy atom. The van der Waals surface area contributed by atoms with Crippen LogP contribution in [0.4, 0.5) is 0 Å². The molecule has 1 N–H and O–H groups in total. The van der Waals surface area contributed by atoms with Gasteiger partial charge in [-0.05, 0) is 18.6 Å². The number of aromatic nitrogens is 6. The maximum atomic E-state index is 12.5. The van der Waals surface area contributed by atoms with Crippen molar-refractivity contribution in [3.8, 4) is 17.3 Å². The number of hydrogen-bond acceptors (Lipinski definition) is 6. The highest BCUT2D eigenvalue weighted by atomic mass is 16.4. The van der Waals surface area contributed by atoms with E-state index < -0.39 is 0 Å². The van der Waals surface area contributed by atoms with Crippen LogP contribution in [0.2, 0.25) is 0 Å². The third kappa shape index (κ3) is 3.47. The number of hydrogen-bond donors (Lipinski definition) is 1. The van der Waals surface area contributed by atoms with Crippen molar-refractivity contribution >= 4 is 5.91 Å². The zero-order valence-corrected chi connectivity index (χ0v) is 14.8. The summed E-state index contributed by atoms with van der Waals surface area (Å²) < 4.78 is 9.05. The fourth-order valence-corrected chi connectivity index (χ4v) is 2.60. The van der Waals surface area contributed by atoms with Crippen molar-refractivity contribution in [2.45, 2.75) is 13.5 Å². The largest absolute Gasteiger partial charge is 0.440 e. The average molecular weight is 363 g/mol. The Balaban J connectivity index is 1.43. The molecular formula is C18H17N7O2. The van der Waals surface area contributed by atoms with Gasteiger partial charge in [-0.3, -0.25) is 14.0 Å². The molecule has 27 heavy (non-hydrogen) atoms. The molecule has 0 aromatic carbocycles. The smallest absolute Gasteiger partial charge is 0.273 e. The van der Waals surface area contributed by atoms with E-state index in [2.05, 4.69) is 25.4 Å². The molecule has 0 unspecified atom stereocenters. The monoisotopic (exact) mass is 363 g/mol. The van der Waals surface area contributed by atoms with Crippen LogP contribution in [0.1, 0.15) is 21.8 Å². The van der Waals surface area contributed by atoms with E-state index in [4.69, 9.17) is 4.42 Å². The van der Waals surface area contributed by atoms with E-state index >= 15 is 0 Å². The number of pyridine rings is 1. The van der Waals surface area contributed by atoms with E-state index in [9.17, 15) is 4.79 Å². The van der Waals surface area contributed by atoms with Gasteiger partial charge in [0.15, 0.2) is 5.69 Å². The molecule has 4 rings (SSSR count). The molecular weight excluding hydrogens is 346 g/mol. The van der Waals surface area contributed by atoms with Gasteiger partial charge in [0.2, 0.25) is 5.89 Å². The Labute approximate surface area is 154 Å². The van der Waals surface area contributed by atoms with Crippen LogP contribution in [-0.4, -0.2) is 35.2 Å². The first-order valence-electron chi connectivity index (χ1n) is 8.28. The van der Waals surface area contributed by atoms with E-state index in [1.165, 1.54) is 0 Å². The number of carbonyl (C=O) groups is 1. The third-order valence-corrected chi connectivity index (χ3v) is 3.99. The van der Waals surface area contributed by atoms with Gasteiger partial charge in [-0.25, -0.2) is 15.0 Å². The molecule has 0 aliphatic carbocycles. The van der Waals surface area contributed by atoms with Crippen molar-refractivity contribution in [2.75, 3.05) is 0 Å². The summed E-state index contributed by atoms with van der Waals surface area (Å²) in [6.07, 6.45) is 10.3. The molecule has 0 saturated carbocycles. The SMILES string of the molecule is Cc1oc(-c2cnn(C)c2)nc1C(=O)NCc1ccc(-n2ccnc2)nc1. The Morgan fingerprint density at radius 2 is 2.19 bits per heavy atom. The van der Waals surface area contributed by atoms with Gasteiger partial charge in [-0.2, -0.15) is 5.10 Å². The first-order valence-corrected chi connectivity index (χ1v) is 8.28. The van der Waals surface area contributed by atoms with Crippen molar-refractivity contribution in [2.24, 2.45) is 7.05 Å². The first-order chi connectivity index (χ1) is 13.1. The van der Waals surface area contributed by atoms with E-state index in [1.807, 2.05) is 18.3 Å². The number of aryl methyl sites for hydroxylation is 2. The number of amides is 1. The van der Waals surface area contributed by atoms with Gasteiger partial charge < -0.3 is 9.73 Å². The molecule has 0 atom stereocenters. The van der Waals surface area contributed by atoms with Gasteiger partial charge in [0.05, 0.1) is 11.8 Å². The summed E-state index contributed by atoms with van der Waals surface area (Å²) in [5.41, 5.74) is 1.86. The topological polar surface area (TPSA) is 104 Å². The van der Waals surface area contributed by atoms with Crippen LogP contribution in [0.5, 0.6) is 0 Å². The normalized spacial score (nSPS) is 10.9. The molecule has 4 aromatic heterocycles. The van der Waals surface area contributed by atoms with Crippen molar-refractivity contribution in [1.82, 2.24) is 34.6 Å². The minimum Gasteiger partial charge on any atom is -0.440 e. The fraction of sp³-hybridized carbons (Fsp3) is 0.167. The Hall–Kier alpha value is -3.75. The number of nitrogens with zero attached hydrogens (tertiary/aromatic N) is 6. The molecule has 1 amide bonds. The lowest BCUT2D eigenvalue weighted by atomic mass is 10.2. The molecule has 0 spiro atoms. The molecule has 0 fully saturated rings. The van der Waals surface area contributed by atoms with Crippen LogP contribution in [0.15, 0.2) is 53.9 Å². The number of imidazole rings is 1. The lowest BCUT2D eigenvalue weighted by molar-refractivity contribution is 0.0945. The minimum absolute atomic E-state index is 0.261. The van der Waals surface area contributed by atoms with Gasteiger partial charge in [0.1, 0.15) is 17.9 Å². The number of nitrogens with one attached hydrogen (secondary N) is 1. The summed E-state index contributed by atoms with van der Waals surface area (Å²) in [6.45, 7) is 2.05. The van der Waals surface area contributed by atoms with Gasteiger partial charge in [-0.15, -0.1) is 0 Å². The molecule has 9 nitrogen and oxygen atoms in total. The van der Waals surface area contributed by atoms with Gasteiger partial charge in [-0.1, -0.05) is 6.07 Å². The zero-order valence-electron chi connectivity index (χ0n) is 14.8. The lowest BCUT2D eigenvalue weighted by Gasteiger charge is -2.05. The predicted octanol–water partition coefficient (Wildman–Crippen LogP) is 1.89. The van der Waals surface area contributed by atoms with Gasteiger partial charge in [0, 0.05) is 38.4 Å². The van der Waals surface area contributed by atoms with Gasteiger partial charge >= 0.3 is 0 Å². The van der Waals surface area contributed by atoms with E-state index in [-0.39, 0.29) is 11.6 Å². The van der Waals surface area contributed by atoms with Crippen molar-refractivity contribution in [3.63, 3.8) is 0 Å². The fourth-order valence-electron chi connectivity index (χ4n) is 2.60. The van der Waals surface area contributed by atoms with E-state index in [0.717, 1.165) is 16.9 Å². The van der Waals surface area contributed by atoms with Crippen molar-refractivity contribution in [3.05, 3.63) is 66.5 Å². The zero-order chi connectivity index (χ0) is 18.8. The Bertz CT molecular complexity index is 1060. The third-order valence-electron chi connectivity index (χ3n) is 3.99. The van der Waals surface area contributed by atoms with Crippen LogP contribution < -0.4 is 5.32 Å². The van der Waals surface area contributed by atoms with Gasteiger partial charge in [0.25, 0.3) is 5.91 Å². The molecule has 4 heterocycles. The highest BCUT2D eigenvalue weighted by Gasteiger charge is 2.18. The standard InChI is InChI=1S/C18H17N7O2/c1-12-16(23-18(27-12)14-9-22-24(2)10-14)17(26)21-8-13-3-4-15(20-7-13)25-6-5-19-11-25/h3-7,9-11H,8H2,1-2H3,(H,21,26). The second kappa shape index (κ2) is 6.87. The maximum absolute atomic E-state index is 12.5. The first kappa shape index (κ1) is 16.7. The van der Waals surface area contributed by atoms with Crippen LogP contribution in [0, 0.1) is 6.92 Å². The van der Waals surface area contributed by atoms with E-state index in [0.29, 0.717) is 18.2 Å². The lowest BCUT2D eigenvalue weighted by Crippen LogP contribution is -2.24. The summed E-state index contributed by atoms with van der Waals surface area (Å²) in [5, 5.41) is 6.92.